The minimum absolute atomic E-state index is 0.169. The van der Waals surface area contributed by atoms with Crippen molar-refractivity contribution >= 4 is 46.4 Å². The molecule has 190 valence electrons. The van der Waals surface area contributed by atoms with Crippen LogP contribution in [0.3, 0.4) is 0 Å². The number of hydrogen-bond acceptors (Lipinski definition) is 8. The predicted octanol–water partition coefficient (Wildman–Crippen LogP) is 6.16. The Morgan fingerprint density at radius 1 is 0.857 bits per heavy atom. The summed E-state index contributed by atoms with van der Waals surface area (Å²) in [6.07, 6.45) is 0. The second kappa shape index (κ2) is 13.7. The van der Waals surface area contributed by atoms with E-state index in [1.54, 1.807) is 24.3 Å². The van der Waals surface area contributed by atoms with Crippen molar-refractivity contribution in [1.82, 2.24) is 0 Å². The summed E-state index contributed by atoms with van der Waals surface area (Å²) in [7, 11) is 0. The Bertz CT molecular complexity index is 1040. The first kappa shape index (κ1) is 28.2. The van der Waals surface area contributed by atoms with Crippen LogP contribution in [0, 0.1) is 0 Å². The average molecular weight is 526 g/mol. The molecule has 0 spiro atoms. The zero-order valence-corrected chi connectivity index (χ0v) is 21.9. The number of carbonyl (C=O) groups excluding carboxylic acids is 2. The fraction of sp³-hybridized carbons (Fsp3) is 0.417. The molecule has 0 aliphatic carbocycles. The third-order valence-corrected chi connectivity index (χ3v) is 5.15. The molecule has 0 aliphatic heterocycles. The van der Waals surface area contributed by atoms with E-state index in [9.17, 15) is 9.59 Å². The molecule has 35 heavy (non-hydrogen) atoms. The van der Waals surface area contributed by atoms with Crippen LogP contribution in [-0.2, 0) is 9.59 Å². The van der Waals surface area contributed by atoms with E-state index >= 15 is 0 Å². The molecular weight excluding hydrogens is 497 g/mol. The lowest BCUT2D eigenvalue weighted by Gasteiger charge is -2.19. The van der Waals surface area contributed by atoms with E-state index in [0.29, 0.717) is 49.4 Å². The van der Waals surface area contributed by atoms with Crippen molar-refractivity contribution in [3.05, 3.63) is 35.4 Å². The number of ketones is 1. The topological polar surface area (TPSA) is 99.0 Å². The number of benzene rings is 2. The first-order valence-electron chi connectivity index (χ1n) is 11.2. The maximum Gasteiger partial charge on any atom is 0.276 e. The van der Waals surface area contributed by atoms with Crippen LogP contribution in [0.15, 0.2) is 40.6 Å². The highest BCUT2D eigenvalue weighted by Gasteiger charge is 2.29. The van der Waals surface area contributed by atoms with Crippen LogP contribution >= 0.6 is 23.4 Å². The molecule has 0 fully saturated rings. The number of Topliss-reactive ketones (excluding diaryl/α,β-unsaturated/α-hetero) is 1. The predicted molar refractivity (Wildman–Crippen MR) is 135 cm³/mol. The van der Waals surface area contributed by atoms with Crippen LogP contribution in [0.2, 0.25) is 5.02 Å². The van der Waals surface area contributed by atoms with Gasteiger partial charge in [-0.15, -0.1) is 0 Å². The molecule has 1 atom stereocenters. The standard InChI is InChI=1S/C24H29Cl2N3O6/c1-6-32-17-10-16(11-18(12-17)33-7-2)29(26)24(31)23(15(5)30)28-27-20-13-19(34-8-3)14-21(22(20)25)35-9-4/h10-14,23H,6-9H2,1-5H3. The highest BCUT2D eigenvalue weighted by molar-refractivity contribution is 6.39. The lowest BCUT2D eigenvalue weighted by Crippen LogP contribution is -2.36. The lowest BCUT2D eigenvalue weighted by atomic mass is 10.2. The fourth-order valence-electron chi connectivity index (χ4n) is 2.97. The second-order valence-electron chi connectivity index (χ2n) is 7.00. The Labute approximate surface area is 215 Å². The van der Waals surface area contributed by atoms with Gasteiger partial charge in [-0.1, -0.05) is 11.6 Å². The van der Waals surface area contributed by atoms with E-state index in [-0.39, 0.29) is 16.4 Å². The van der Waals surface area contributed by atoms with Crippen molar-refractivity contribution in [1.29, 1.82) is 0 Å². The van der Waals surface area contributed by atoms with Crippen LogP contribution in [0.5, 0.6) is 23.0 Å². The van der Waals surface area contributed by atoms with Gasteiger partial charge in [-0.25, -0.2) is 4.42 Å². The van der Waals surface area contributed by atoms with Gasteiger partial charge in [0.1, 0.15) is 33.7 Å². The first-order valence-corrected chi connectivity index (χ1v) is 11.9. The maximum absolute atomic E-state index is 13.1. The third kappa shape index (κ3) is 7.73. The third-order valence-electron chi connectivity index (χ3n) is 4.41. The smallest absolute Gasteiger partial charge is 0.276 e. The molecule has 2 rings (SSSR count). The van der Waals surface area contributed by atoms with Crippen molar-refractivity contribution in [2.75, 3.05) is 30.8 Å². The Morgan fingerprint density at radius 2 is 1.37 bits per heavy atom. The van der Waals surface area contributed by atoms with Gasteiger partial charge in [-0.2, -0.15) is 10.2 Å². The number of hydrogen-bond donors (Lipinski definition) is 0. The van der Waals surface area contributed by atoms with Gasteiger partial charge < -0.3 is 18.9 Å². The zero-order chi connectivity index (χ0) is 26.0. The van der Waals surface area contributed by atoms with Crippen molar-refractivity contribution in [3.8, 4) is 23.0 Å². The fourth-order valence-corrected chi connectivity index (χ4v) is 3.36. The van der Waals surface area contributed by atoms with Crippen molar-refractivity contribution in [2.24, 2.45) is 10.2 Å². The summed E-state index contributed by atoms with van der Waals surface area (Å²) < 4.78 is 22.9. The molecule has 11 heteroatoms. The van der Waals surface area contributed by atoms with E-state index in [1.807, 2.05) is 27.7 Å². The number of carbonyl (C=O) groups is 2. The molecule has 2 aromatic carbocycles. The van der Waals surface area contributed by atoms with E-state index in [1.165, 1.54) is 13.0 Å². The molecule has 0 saturated carbocycles. The van der Waals surface area contributed by atoms with Crippen molar-refractivity contribution in [3.63, 3.8) is 0 Å². The van der Waals surface area contributed by atoms with Gasteiger partial charge in [0, 0.05) is 42.1 Å². The number of halogens is 2. The van der Waals surface area contributed by atoms with E-state index in [4.69, 9.17) is 42.3 Å². The molecule has 9 nitrogen and oxygen atoms in total. The summed E-state index contributed by atoms with van der Waals surface area (Å²) in [5.41, 5.74) is 0.431. The van der Waals surface area contributed by atoms with Crippen LogP contribution in [0.25, 0.3) is 0 Å². The van der Waals surface area contributed by atoms with Crippen LogP contribution in [-0.4, -0.2) is 44.2 Å². The lowest BCUT2D eigenvalue weighted by molar-refractivity contribution is -0.126. The first-order chi connectivity index (χ1) is 16.7. The number of ether oxygens (including phenoxy) is 4. The molecule has 0 aromatic heterocycles. The number of rotatable bonds is 13. The van der Waals surface area contributed by atoms with Gasteiger partial charge in [-0.3, -0.25) is 9.59 Å². The molecular formula is C24H29Cl2N3O6. The average Bonchev–Trinajstić information content (AvgIpc) is 2.81. The van der Waals surface area contributed by atoms with Gasteiger partial charge in [0.2, 0.25) is 6.04 Å². The molecule has 1 amide bonds. The number of azo groups is 1. The molecule has 2 aromatic rings. The van der Waals surface area contributed by atoms with Crippen molar-refractivity contribution in [2.45, 2.75) is 40.7 Å². The molecule has 1 unspecified atom stereocenters. The van der Waals surface area contributed by atoms with E-state index in [2.05, 4.69) is 10.2 Å². The Hall–Kier alpha value is -3.04. The summed E-state index contributed by atoms with van der Waals surface area (Å²) in [5, 5.41) is 8.19. The minimum Gasteiger partial charge on any atom is -0.494 e. The van der Waals surface area contributed by atoms with E-state index in [0.717, 1.165) is 4.42 Å². The van der Waals surface area contributed by atoms with Crippen LogP contribution in [0.1, 0.15) is 34.6 Å². The number of anilines is 1. The Kier molecular flexibility index (Phi) is 11.1. The zero-order valence-electron chi connectivity index (χ0n) is 20.3. The van der Waals surface area contributed by atoms with Crippen LogP contribution < -0.4 is 23.4 Å². The summed E-state index contributed by atoms with van der Waals surface area (Å²) in [5.74, 6) is 0.343. The normalized spacial score (nSPS) is 11.7. The molecule has 0 radical (unpaired) electrons. The van der Waals surface area contributed by atoms with Gasteiger partial charge in [0.25, 0.3) is 5.91 Å². The molecule has 0 saturated heterocycles. The number of nitrogens with zero attached hydrogens (tertiary/aromatic N) is 3. The van der Waals surface area contributed by atoms with Crippen LogP contribution in [0.4, 0.5) is 11.4 Å². The molecule has 0 N–H and O–H groups in total. The van der Waals surface area contributed by atoms with Gasteiger partial charge >= 0.3 is 0 Å². The highest BCUT2D eigenvalue weighted by Crippen LogP contribution is 2.39. The van der Waals surface area contributed by atoms with E-state index < -0.39 is 17.7 Å². The van der Waals surface area contributed by atoms with Gasteiger partial charge in [0.15, 0.2) is 5.78 Å². The highest BCUT2D eigenvalue weighted by atomic mass is 35.5. The maximum atomic E-state index is 13.1. The van der Waals surface area contributed by atoms with Crippen molar-refractivity contribution < 1.29 is 28.5 Å². The second-order valence-corrected chi connectivity index (χ2v) is 7.71. The number of amides is 1. The largest absolute Gasteiger partial charge is 0.494 e. The summed E-state index contributed by atoms with van der Waals surface area (Å²) in [4.78, 5) is 25.4. The SMILES string of the molecule is CCOc1cc(OCC)cc(N(Cl)C(=O)C(N=Nc2cc(OCC)cc(OCC)c2Cl)C(C)=O)c1. The Morgan fingerprint density at radius 3 is 1.86 bits per heavy atom. The monoisotopic (exact) mass is 525 g/mol. The Balaban J connectivity index is 2.40. The molecule has 0 heterocycles. The van der Waals surface area contributed by atoms with Gasteiger partial charge in [0.05, 0.1) is 32.1 Å². The summed E-state index contributed by atoms with van der Waals surface area (Å²) in [6.45, 7) is 10.1. The van der Waals surface area contributed by atoms with Gasteiger partial charge in [-0.05, 0) is 34.6 Å². The molecule has 0 bridgehead atoms. The summed E-state index contributed by atoms with van der Waals surface area (Å²) in [6, 6.07) is 6.45. The minimum atomic E-state index is -1.51. The quantitative estimate of drug-likeness (QED) is 0.176. The molecule has 0 aliphatic rings. The summed E-state index contributed by atoms with van der Waals surface area (Å²) >= 11 is 12.7.